The largest absolute Gasteiger partial charge is 0.492 e. The van der Waals surface area contributed by atoms with Gasteiger partial charge in [-0.3, -0.25) is 4.68 Å². The predicted octanol–water partition coefficient (Wildman–Crippen LogP) is 2.13. The summed E-state index contributed by atoms with van der Waals surface area (Å²) in [6.07, 6.45) is 3.73. The van der Waals surface area contributed by atoms with Gasteiger partial charge in [-0.2, -0.15) is 9.40 Å². The molecule has 0 saturated carbocycles. The number of ether oxygens (including phenoxy) is 2. The molecule has 0 radical (unpaired) electrons. The summed E-state index contributed by atoms with van der Waals surface area (Å²) in [4.78, 5) is 0. The fraction of sp³-hybridized carbons (Fsp3) is 0.526. The number of hydrogen-bond donors (Lipinski definition) is 0. The molecule has 0 spiro atoms. The molecule has 27 heavy (non-hydrogen) atoms. The van der Waals surface area contributed by atoms with Crippen LogP contribution >= 0.6 is 0 Å². The van der Waals surface area contributed by atoms with Gasteiger partial charge in [0, 0.05) is 24.2 Å². The van der Waals surface area contributed by atoms with Gasteiger partial charge in [0.2, 0.25) is 10.0 Å². The zero-order valence-corrected chi connectivity index (χ0v) is 16.3. The molecule has 8 heteroatoms. The van der Waals surface area contributed by atoms with Crippen LogP contribution in [0.2, 0.25) is 0 Å². The van der Waals surface area contributed by atoms with Gasteiger partial charge in [-0.15, -0.1) is 0 Å². The molecule has 146 valence electrons. The van der Waals surface area contributed by atoms with Gasteiger partial charge in [-0.05, 0) is 25.0 Å². The number of nitrogens with zero attached hydrogens (tertiary/aromatic N) is 3. The second-order valence-corrected chi connectivity index (χ2v) is 8.96. The van der Waals surface area contributed by atoms with Gasteiger partial charge < -0.3 is 9.47 Å². The Labute approximate surface area is 159 Å². The molecule has 0 aliphatic carbocycles. The van der Waals surface area contributed by atoms with E-state index < -0.39 is 10.0 Å². The first-order valence-corrected chi connectivity index (χ1v) is 11.2. The third kappa shape index (κ3) is 3.88. The molecule has 1 atom stereocenters. The lowest BCUT2D eigenvalue weighted by atomic mass is 10.0. The van der Waals surface area contributed by atoms with E-state index in [0.717, 1.165) is 42.0 Å². The Kier molecular flexibility index (Phi) is 5.21. The van der Waals surface area contributed by atoms with Crippen LogP contribution in [-0.2, 0) is 34.3 Å². The highest BCUT2D eigenvalue weighted by atomic mass is 32.2. The van der Waals surface area contributed by atoms with Gasteiger partial charge in [0.05, 0.1) is 37.8 Å². The zero-order valence-electron chi connectivity index (χ0n) is 15.5. The number of sulfonamides is 1. The van der Waals surface area contributed by atoms with Crippen molar-refractivity contribution < 1.29 is 17.9 Å². The SMILES string of the molecule is CS(=O)(=O)N1CCCC1c1nn(CCOc2ccccc2)c2c1COCC2. The molecule has 1 aromatic carbocycles. The highest BCUT2D eigenvalue weighted by molar-refractivity contribution is 7.88. The molecular weight excluding hydrogens is 366 g/mol. The highest BCUT2D eigenvalue weighted by Gasteiger charge is 2.37. The first-order chi connectivity index (χ1) is 13.0. The second-order valence-electron chi connectivity index (χ2n) is 7.03. The molecule has 4 rings (SSSR count). The minimum absolute atomic E-state index is 0.188. The summed E-state index contributed by atoms with van der Waals surface area (Å²) in [5.74, 6) is 0.834. The number of hydrogen-bond acceptors (Lipinski definition) is 5. The molecule has 2 aromatic rings. The molecule has 1 saturated heterocycles. The maximum absolute atomic E-state index is 12.2. The van der Waals surface area contributed by atoms with E-state index in [2.05, 4.69) is 0 Å². The standard InChI is InChI=1S/C19H25N3O4S/c1-27(23,24)22-10-5-8-18(22)19-16-14-25-12-9-17(16)21(20-19)11-13-26-15-6-3-2-4-7-15/h2-4,6-7,18H,5,8-14H2,1H3. The van der Waals surface area contributed by atoms with E-state index in [4.69, 9.17) is 14.6 Å². The van der Waals surface area contributed by atoms with E-state index in [1.54, 1.807) is 4.31 Å². The van der Waals surface area contributed by atoms with E-state index >= 15 is 0 Å². The molecule has 0 N–H and O–H groups in total. The molecular formula is C19H25N3O4S. The fourth-order valence-corrected chi connectivity index (χ4v) is 5.09. The average molecular weight is 391 g/mol. The van der Waals surface area contributed by atoms with Gasteiger partial charge in [0.25, 0.3) is 0 Å². The van der Waals surface area contributed by atoms with E-state index in [1.165, 1.54) is 6.26 Å². The van der Waals surface area contributed by atoms with Crippen LogP contribution in [0.25, 0.3) is 0 Å². The topological polar surface area (TPSA) is 73.7 Å². The summed E-state index contributed by atoms with van der Waals surface area (Å²) >= 11 is 0. The van der Waals surface area contributed by atoms with Crippen molar-refractivity contribution in [2.75, 3.05) is 26.0 Å². The summed E-state index contributed by atoms with van der Waals surface area (Å²) in [6.45, 7) is 2.86. The van der Waals surface area contributed by atoms with Gasteiger partial charge >= 0.3 is 0 Å². The number of benzene rings is 1. The van der Waals surface area contributed by atoms with Crippen LogP contribution in [0.3, 0.4) is 0 Å². The minimum Gasteiger partial charge on any atom is -0.492 e. The number of para-hydroxylation sites is 1. The van der Waals surface area contributed by atoms with Crippen molar-refractivity contribution >= 4 is 10.0 Å². The first-order valence-electron chi connectivity index (χ1n) is 9.35. The highest BCUT2D eigenvalue weighted by Crippen LogP contribution is 2.37. The Morgan fingerprint density at radius 3 is 2.89 bits per heavy atom. The van der Waals surface area contributed by atoms with E-state index in [1.807, 2.05) is 35.0 Å². The smallest absolute Gasteiger partial charge is 0.211 e. The van der Waals surface area contributed by atoms with Gasteiger partial charge in [0.1, 0.15) is 12.4 Å². The molecule has 2 aliphatic rings. The summed E-state index contributed by atoms with van der Waals surface area (Å²) in [7, 11) is -3.25. The summed E-state index contributed by atoms with van der Waals surface area (Å²) in [6, 6.07) is 9.52. The number of fused-ring (bicyclic) bond motifs is 1. The summed E-state index contributed by atoms with van der Waals surface area (Å²) < 4.78 is 39.3. The normalized spacial score (nSPS) is 20.6. The third-order valence-electron chi connectivity index (χ3n) is 5.19. The average Bonchev–Trinajstić information content (AvgIpc) is 3.28. The number of rotatable bonds is 6. The second kappa shape index (κ2) is 7.61. The Bertz CT molecular complexity index is 895. The molecule has 7 nitrogen and oxygen atoms in total. The molecule has 1 aromatic heterocycles. The van der Waals surface area contributed by atoms with Crippen molar-refractivity contribution in [3.63, 3.8) is 0 Å². The lowest BCUT2D eigenvalue weighted by Gasteiger charge is -2.22. The Hall–Kier alpha value is -1.90. The monoisotopic (exact) mass is 391 g/mol. The quantitative estimate of drug-likeness (QED) is 0.754. The summed E-state index contributed by atoms with van der Waals surface area (Å²) in [5.41, 5.74) is 3.06. The Morgan fingerprint density at radius 1 is 1.30 bits per heavy atom. The van der Waals surface area contributed by atoms with Crippen molar-refractivity contribution in [2.45, 2.75) is 38.5 Å². The lowest BCUT2D eigenvalue weighted by molar-refractivity contribution is 0.107. The number of aromatic nitrogens is 2. The van der Waals surface area contributed by atoms with Crippen LogP contribution in [0.1, 0.15) is 35.8 Å². The van der Waals surface area contributed by atoms with Gasteiger partial charge in [-0.1, -0.05) is 18.2 Å². The first kappa shape index (κ1) is 18.5. The maximum Gasteiger partial charge on any atom is 0.211 e. The van der Waals surface area contributed by atoms with E-state index in [-0.39, 0.29) is 6.04 Å². The van der Waals surface area contributed by atoms with Crippen LogP contribution in [0.4, 0.5) is 0 Å². The van der Waals surface area contributed by atoms with Crippen LogP contribution in [0.15, 0.2) is 30.3 Å². The van der Waals surface area contributed by atoms with Crippen molar-refractivity contribution in [2.24, 2.45) is 0 Å². The van der Waals surface area contributed by atoms with Crippen LogP contribution in [0, 0.1) is 0 Å². The van der Waals surface area contributed by atoms with Crippen molar-refractivity contribution in [1.29, 1.82) is 0 Å². The minimum atomic E-state index is -3.25. The van der Waals surface area contributed by atoms with Crippen molar-refractivity contribution in [3.8, 4) is 5.75 Å². The molecule has 2 aliphatic heterocycles. The molecule has 0 amide bonds. The zero-order chi connectivity index (χ0) is 18.9. The lowest BCUT2D eigenvalue weighted by Crippen LogP contribution is -2.30. The Balaban J connectivity index is 1.56. The molecule has 0 bridgehead atoms. The van der Waals surface area contributed by atoms with Crippen LogP contribution in [-0.4, -0.2) is 48.5 Å². The van der Waals surface area contributed by atoms with E-state index in [0.29, 0.717) is 32.9 Å². The summed E-state index contributed by atoms with van der Waals surface area (Å²) in [5, 5.41) is 4.82. The van der Waals surface area contributed by atoms with Gasteiger partial charge in [0.15, 0.2) is 0 Å². The Morgan fingerprint density at radius 2 is 2.11 bits per heavy atom. The maximum atomic E-state index is 12.2. The van der Waals surface area contributed by atoms with Gasteiger partial charge in [-0.25, -0.2) is 8.42 Å². The molecule has 1 fully saturated rings. The van der Waals surface area contributed by atoms with Crippen molar-refractivity contribution in [3.05, 3.63) is 47.3 Å². The van der Waals surface area contributed by atoms with Crippen LogP contribution in [0.5, 0.6) is 5.75 Å². The van der Waals surface area contributed by atoms with E-state index in [9.17, 15) is 8.42 Å². The van der Waals surface area contributed by atoms with Crippen LogP contribution < -0.4 is 4.74 Å². The fourth-order valence-electron chi connectivity index (χ4n) is 3.96. The van der Waals surface area contributed by atoms with Crippen molar-refractivity contribution in [1.82, 2.24) is 14.1 Å². The molecule has 1 unspecified atom stereocenters. The third-order valence-corrected chi connectivity index (χ3v) is 6.48. The molecule has 3 heterocycles. The predicted molar refractivity (Wildman–Crippen MR) is 101 cm³/mol.